The van der Waals surface area contributed by atoms with Crippen molar-refractivity contribution >= 4 is 10.9 Å². The molecule has 0 aliphatic carbocycles. The van der Waals surface area contributed by atoms with Crippen molar-refractivity contribution in [2.75, 3.05) is 6.54 Å². The van der Waals surface area contributed by atoms with Crippen molar-refractivity contribution in [2.24, 2.45) is 12.8 Å². The van der Waals surface area contributed by atoms with E-state index in [9.17, 15) is 0 Å². The van der Waals surface area contributed by atoms with Crippen molar-refractivity contribution in [2.45, 2.75) is 13.0 Å². The average Bonchev–Trinajstić information content (AvgIpc) is 2.97. The summed E-state index contributed by atoms with van der Waals surface area (Å²) >= 11 is 0. The lowest BCUT2D eigenvalue weighted by atomic mass is 10.1. The van der Waals surface area contributed by atoms with Crippen LogP contribution in [0.25, 0.3) is 10.9 Å². The van der Waals surface area contributed by atoms with E-state index < -0.39 is 0 Å². The maximum atomic E-state index is 5.68. The number of rotatable bonds is 4. The summed E-state index contributed by atoms with van der Waals surface area (Å²) in [5.74, 6) is 0. The molecular formula is C14H17N5. The Morgan fingerprint density at radius 3 is 2.79 bits per heavy atom. The summed E-state index contributed by atoms with van der Waals surface area (Å²) in [6, 6.07) is 8.40. The van der Waals surface area contributed by atoms with Gasteiger partial charge in [-0.3, -0.25) is 4.68 Å². The molecular weight excluding hydrogens is 238 g/mol. The molecule has 98 valence electrons. The molecule has 0 atom stereocenters. The lowest BCUT2D eigenvalue weighted by Gasteiger charge is -2.01. The predicted molar refractivity (Wildman–Crippen MR) is 74.8 cm³/mol. The van der Waals surface area contributed by atoms with Gasteiger partial charge in [0.2, 0.25) is 0 Å². The Labute approximate surface area is 111 Å². The van der Waals surface area contributed by atoms with Crippen molar-refractivity contribution in [3.8, 4) is 0 Å². The molecule has 2 aromatic heterocycles. The third kappa shape index (κ3) is 2.24. The minimum atomic E-state index is 0.666. The van der Waals surface area contributed by atoms with Gasteiger partial charge in [-0.05, 0) is 24.6 Å². The standard InChI is InChI=1S/C14H17N5/c1-18-9-12(16-17-18)10-19-8-11(6-7-15)13-4-2-3-5-14(13)19/h2-5,8-9H,6-7,10,15H2,1H3. The van der Waals surface area contributed by atoms with E-state index in [4.69, 9.17) is 5.73 Å². The summed E-state index contributed by atoms with van der Waals surface area (Å²) < 4.78 is 3.94. The molecule has 0 aliphatic rings. The smallest absolute Gasteiger partial charge is 0.102 e. The van der Waals surface area contributed by atoms with Crippen molar-refractivity contribution in [3.05, 3.63) is 47.9 Å². The predicted octanol–water partition coefficient (Wildman–Crippen LogP) is 1.32. The molecule has 0 saturated heterocycles. The van der Waals surface area contributed by atoms with Gasteiger partial charge in [0.05, 0.1) is 6.54 Å². The number of hydrogen-bond acceptors (Lipinski definition) is 3. The van der Waals surface area contributed by atoms with E-state index in [0.29, 0.717) is 6.54 Å². The fourth-order valence-corrected chi connectivity index (χ4v) is 2.45. The lowest BCUT2D eigenvalue weighted by Crippen LogP contribution is -2.02. The summed E-state index contributed by atoms with van der Waals surface area (Å²) in [6.45, 7) is 1.40. The molecule has 0 amide bonds. The minimum Gasteiger partial charge on any atom is -0.341 e. The van der Waals surface area contributed by atoms with Crippen molar-refractivity contribution < 1.29 is 0 Å². The van der Waals surface area contributed by atoms with E-state index in [1.54, 1.807) is 4.68 Å². The van der Waals surface area contributed by atoms with Gasteiger partial charge in [0.25, 0.3) is 0 Å². The highest BCUT2D eigenvalue weighted by molar-refractivity contribution is 5.84. The van der Waals surface area contributed by atoms with Crippen LogP contribution in [-0.4, -0.2) is 26.1 Å². The first-order valence-corrected chi connectivity index (χ1v) is 6.40. The van der Waals surface area contributed by atoms with E-state index in [1.165, 1.54) is 16.5 Å². The van der Waals surface area contributed by atoms with Crippen LogP contribution < -0.4 is 5.73 Å². The zero-order valence-corrected chi connectivity index (χ0v) is 11.0. The van der Waals surface area contributed by atoms with Gasteiger partial charge in [-0.15, -0.1) is 5.10 Å². The van der Waals surface area contributed by atoms with Gasteiger partial charge < -0.3 is 10.3 Å². The zero-order chi connectivity index (χ0) is 13.2. The van der Waals surface area contributed by atoms with Crippen LogP contribution in [0.15, 0.2) is 36.7 Å². The molecule has 5 heteroatoms. The van der Waals surface area contributed by atoms with Gasteiger partial charge in [-0.2, -0.15) is 0 Å². The van der Waals surface area contributed by atoms with Crippen LogP contribution in [0.4, 0.5) is 0 Å². The Balaban J connectivity index is 2.03. The Morgan fingerprint density at radius 2 is 2.05 bits per heavy atom. The van der Waals surface area contributed by atoms with Crippen LogP contribution in [0.3, 0.4) is 0 Å². The van der Waals surface area contributed by atoms with Gasteiger partial charge in [-0.25, -0.2) is 0 Å². The fraction of sp³-hybridized carbons (Fsp3) is 0.286. The number of para-hydroxylation sites is 1. The number of aromatic nitrogens is 4. The molecule has 2 heterocycles. The normalized spacial score (nSPS) is 11.3. The van der Waals surface area contributed by atoms with Crippen LogP contribution in [0.2, 0.25) is 0 Å². The van der Waals surface area contributed by atoms with Gasteiger partial charge in [0, 0.05) is 30.3 Å². The lowest BCUT2D eigenvalue weighted by molar-refractivity contribution is 0.710. The molecule has 0 saturated carbocycles. The quantitative estimate of drug-likeness (QED) is 0.764. The molecule has 0 spiro atoms. The van der Waals surface area contributed by atoms with Crippen LogP contribution in [0.1, 0.15) is 11.3 Å². The highest BCUT2D eigenvalue weighted by Crippen LogP contribution is 2.22. The summed E-state index contributed by atoms with van der Waals surface area (Å²) in [5.41, 5.74) is 9.16. The molecule has 1 aromatic carbocycles. The monoisotopic (exact) mass is 255 g/mol. The van der Waals surface area contributed by atoms with Gasteiger partial charge in [-0.1, -0.05) is 23.4 Å². The van der Waals surface area contributed by atoms with E-state index in [2.05, 4.69) is 45.3 Å². The second-order valence-electron chi connectivity index (χ2n) is 4.72. The van der Waals surface area contributed by atoms with Crippen molar-refractivity contribution in [3.63, 3.8) is 0 Å². The molecule has 0 aliphatic heterocycles. The Bertz CT molecular complexity index is 695. The number of hydrogen-bond donors (Lipinski definition) is 1. The van der Waals surface area contributed by atoms with E-state index >= 15 is 0 Å². The Hall–Kier alpha value is -2.14. The van der Waals surface area contributed by atoms with E-state index in [1.807, 2.05) is 13.2 Å². The first kappa shape index (κ1) is 11.9. The largest absolute Gasteiger partial charge is 0.341 e. The summed E-state index contributed by atoms with van der Waals surface area (Å²) in [4.78, 5) is 0. The molecule has 2 N–H and O–H groups in total. The highest BCUT2D eigenvalue weighted by atomic mass is 15.4. The number of fused-ring (bicyclic) bond motifs is 1. The number of benzene rings is 1. The molecule has 3 rings (SSSR count). The third-order valence-corrected chi connectivity index (χ3v) is 3.27. The van der Waals surface area contributed by atoms with Gasteiger partial charge in [0.1, 0.15) is 5.69 Å². The first-order valence-electron chi connectivity index (χ1n) is 6.40. The van der Waals surface area contributed by atoms with E-state index in [0.717, 1.165) is 18.7 Å². The first-order chi connectivity index (χ1) is 9.28. The molecule has 5 nitrogen and oxygen atoms in total. The van der Waals surface area contributed by atoms with Crippen LogP contribution in [0.5, 0.6) is 0 Å². The Kier molecular flexibility index (Phi) is 3.05. The zero-order valence-electron chi connectivity index (χ0n) is 11.0. The number of nitrogens with zero attached hydrogens (tertiary/aromatic N) is 4. The van der Waals surface area contributed by atoms with Crippen molar-refractivity contribution in [1.29, 1.82) is 0 Å². The average molecular weight is 255 g/mol. The van der Waals surface area contributed by atoms with Gasteiger partial charge >= 0.3 is 0 Å². The molecule has 0 bridgehead atoms. The second kappa shape index (κ2) is 4.85. The maximum Gasteiger partial charge on any atom is 0.102 e. The summed E-state index contributed by atoms with van der Waals surface area (Å²) in [5, 5.41) is 9.38. The molecule has 0 fully saturated rings. The number of aryl methyl sites for hydroxylation is 1. The highest BCUT2D eigenvalue weighted by Gasteiger charge is 2.09. The maximum absolute atomic E-state index is 5.68. The minimum absolute atomic E-state index is 0.666. The fourth-order valence-electron chi connectivity index (χ4n) is 2.45. The van der Waals surface area contributed by atoms with Crippen LogP contribution in [-0.2, 0) is 20.0 Å². The Morgan fingerprint density at radius 1 is 1.21 bits per heavy atom. The van der Waals surface area contributed by atoms with Crippen LogP contribution >= 0.6 is 0 Å². The topological polar surface area (TPSA) is 61.7 Å². The molecule has 3 aromatic rings. The molecule has 0 unspecified atom stereocenters. The second-order valence-corrected chi connectivity index (χ2v) is 4.72. The van der Waals surface area contributed by atoms with Crippen molar-refractivity contribution in [1.82, 2.24) is 19.6 Å². The summed E-state index contributed by atoms with van der Waals surface area (Å²) in [7, 11) is 1.88. The number of nitrogens with two attached hydrogens (primary N) is 1. The molecule has 19 heavy (non-hydrogen) atoms. The SMILES string of the molecule is Cn1cc(Cn2cc(CCN)c3ccccc32)nn1. The van der Waals surface area contributed by atoms with Crippen LogP contribution in [0, 0.1) is 0 Å². The van der Waals surface area contributed by atoms with E-state index in [-0.39, 0.29) is 0 Å². The van der Waals surface area contributed by atoms with Gasteiger partial charge in [0.15, 0.2) is 0 Å². The molecule has 0 radical (unpaired) electrons. The summed E-state index contributed by atoms with van der Waals surface area (Å²) in [6.07, 6.45) is 5.01. The third-order valence-electron chi connectivity index (χ3n) is 3.27.